The maximum Gasteiger partial charge on any atom is 0.131 e. The van der Waals surface area contributed by atoms with Crippen LogP contribution in [0.25, 0.3) is 0 Å². The normalized spacial score (nSPS) is 16.4. The highest BCUT2D eigenvalue weighted by molar-refractivity contribution is 5.51. The lowest BCUT2D eigenvalue weighted by Gasteiger charge is -2.18. The van der Waals surface area contributed by atoms with Gasteiger partial charge in [0.1, 0.15) is 11.5 Å². The molecule has 1 aliphatic carbocycles. The van der Waals surface area contributed by atoms with Gasteiger partial charge in [-0.2, -0.15) is 0 Å². The molecule has 0 aromatic heterocycles. The fourth-order valence-electron chi connectivity index (χ4n) is 2.19. The molecular weight excluding hydrogens is 232 g/mol. The molecular formula is C14H20O4. The molecule has 1 aromatic carbocycles. The molecule has 4 heteroatoms. The van der Waals surface area contributed by atoms with Crippen molar-refractivity contribution in [3.8, 4) is 11.5 Å². The van der Waals surface area contributed by atoms with Gasteiger partial charge in [-0.3, -0.25) is 0 Å². The lowest BCUT2D eigenvalue weighted by atomic mass is 10.0. The number of aliphatic hydroxyl groups is 1. The van der Waals surface area contributed by atoms with E-state index in [-0.39, 0.29) is 0 Å². The maximum absolute atomic E-state index is 10.1. The Bertz CT molecular complexity index is 424. The number of hydrogen-bond donors (Lipinski definition) is 1. The summed E-state index contributed by atoms with van der Waals surface area (Å²) >= 11 is 0. The molecule has 0 heterocycles. The zero-order valence-corrected chi connectivity index (χ0v) is 11.2. The summed E-state index contributed by atoms with van der Waals surface area (Å²) in [5, 5.41) is 10.1. The Kier molecular flexibility index (Phi) is 3.78. The molecule has 1 saturated carbocycles. The highest BCUT2D eigenvalue weighted by atomic mass is 16.5. The van der Waals surface area contributed by atoms with E-state index in [9.17, 15) is 5.11 Å². The van der Waals surface area contributed by atoms with Gasteiger partial charge < -0.3 is 19.3 Å². The molecule has 0 saturated heterocycles. The third kappa shape index (κ3) is 2.60. The molecule has 1 fully saturated rings. The van der Waals surface area contributed by atoms with Crippen molar-refractivity contribution >= 4 is 0 Å². The number of hydrogen-bond acceptors (Lipinski definition) is 4. The Labute approximate surface area is 107 Å². The van der Waals surface area contributed by atoms with E-state index < -0.39 is 5.60 Å². The Balaban J connectivity index is 2.39. The Morgan fingerprint density at radius 1 is 1.17 bits per heavy atom. The minimum absolute atomic E-state index is 0.485. The third-order valence-corrected chi connectivity index (χ3v) is 3.36. The zero-order chi connectivity index (χ0) is 13.2. The van der Waals surface area contributed by atoms with E-state index >= 15 is 0 Å². The van der Waals surface area contributed by atoms with Gasteiger partial charge in [-0.05, 0) is 25.0 Å². The van der Waals surface area contributed by atoms with Crippen molar-refractivity contribution in [2.75, 3.05) is 21.3 Å². The molecule has 1 aromatic rings. The van der Waals surface area contributed by atoms with E-state index in [0.29, 0.717) is 13.0 Å². The summed E-state index contributed by atoms with van der Waals surface area (Å²) < 4.78 is 16.0. The second-order valence-corrected chi connectivity index (χ2v) is 4.77. The van der Waals surface area contributed by atoms with Crippen LogP contribution in [0.3, 0.4) is 0 Å². The molecule has 0 unspecified atom stereocenters. The second-order valence-electron chi connectivity index (χ2n) is 4.77. The van der Waals surface area contributed by atoms with Crippen LogP contribution in [0.1, 0.15) is 24.0 Å². The summed E-state index contributed by atoms with van der Waals surface area (Å²) in [5.74, 6) is 1.52. The largest absolute Gasteiger partial charge is 0.496 e. The molecule has 0 atom stereocenters. The molecule has 0 amide bonds. The van der Waals surface area contributed by atoms with Gasteiger partial charge in [0.15, 0.2) is 0 Å². The molecule has 1 aliphatic rings. The van der Waals surface area contributed by atoms with E-state index in [1.165, 1.54) is 0 Å². The molecule has 2 rings (SSSR count). The van der Waals surface area contributed by atoms with Gasteiger partial charge in [0.05, 0.1) is 26.4 Å². The van der Waals surface area contributed by atoms with E-state index in [4.69, 9.17) is 14.2 Å². The molecule has 0 bridgehead atoms. The van der Waals surface area contributed by atoms with Crippen LogP contribution >= 0.6 is 0 Å². The Morgan fingerprint density at radius 3 is 2.39 bits per heavy atom. The van der Waals surface area contributed by atoms with Gasteiger partial charge in [0.2, 0.25) is 0 Å². The minimum Gasteiger partial charge on any atom is -0.496 e. The smallest absolute Gasteiger partial charge is 0.131 e. The van der Waals surface area contributed by atoms with Crippen molar-refractivity contribution in [3.05, 3.63) is 23.3 Å². The SMILES string of the molecule is COCc1ccc(OC)c(CC2(O)CC2)c1OC. The quantitative estimate of drug-likeness (QED) is 0.840. The average molecular weight is 252 g/mol. The number of benzene rings is 1. The number of rotatable bonds is 6. The highest BCUT2D eigenvalue weighted by Gasteiger charge is 2.41. The Morgan fingerprint density at radius 2 is 1.89 bits per heavy atom. The molecule has 0 spiro atoms. The zero-order valence-electron chi connectivity index (χ0n) is 11.2. The van der Waals surface area contributed by atoms with E-state index in [2.05, 4.69) is 0 Å². The molecule has 4 nitrogen and oxygen atoms in total. The monoisotopic (exact) mass is 252 g/mol. The van der Waals surface area contributed by atoms with E-state index in [0.717, 1.165) is 35.5 Å². The van der Waals surface area contributed by atoms with E-state index in [1.807, 2.05) is 12.1 Å². The lowest BCUT2D eigenvalue weighted by molar-refractivity contribution is 0.148. The first-order chi connectivity index (χ1) is 8.63. The van der Waals surface area contributed by atoms with Crippen molar-refractivity contribution in [1.82, 2.24) is 0 Å². The van der Waals surface area contributed by atoms with Crippen LogP contribution in [0, 0.1) is 0 Å². The number of ether oxygens (including phenoxy) is 3. The summed E-state index contributed by atoms with van der Waals surface area (Å²) in [5.41, 5.74) is 1.32. The lowest BCUT2D eigenvalue weighted by Crippen LogP contribution is -2.13. The highest BCUT2D eigenvalue weighted by Crippen LogP contribution is 2.43. The van der Waals surface area contributed by atoms with Crippen molar-refractivity contribution < 1.29 is 19.3 Å². The van der Waals surface area contributed by atoms with Crippen molar-refractivity contribution in [1.29, 1.82) is 0 Å². The molecule has 0 aliphatic heterocycles. The minimum atomic E-state index is -0.577. The average Bonchev–Trinajstić information content (AvgIpc) is 3.08. The van der Waals surface area contributed by atoms with E-state index in [1.54, 1.807) is 21.3 Å². The second kappa shape index (κ2) is 5.16. The fourth-order valence-corrected chi connectivity index (χ4v) is 2.19. The van der Waals surface area contributed by atoms with Gasteiger partial charge in [0.25, 0.3) is 0 Å². The number of methoxy groups -OCH3 is 3. The summed E-state index contributed by atoms with van der Waals surface area (Å²) in [6, 6.07) is 3.83. The summed E-state index contributed by atoms with van der Waals surface area (Å²) in [7, 11) is 4.91. The van der Waals surface area contributed by atoms with Crippen LogP contribution in [0.4, 0.5) is 0 Å². The van der Waals surface area contributed by atoms with Crippen LogP contribution in [-0.2, 0) is 17.8 Å². The summed E-state index contributed by atoms with van der Waals surface area (Å²) in [6.45, 7) is 0.485. The molecule has 100 valence electrons. The first-order valence-corrected chi connectivity index (χ1v) is 6.07. The summed E-state index contributed by atoms with van der Waals surface area (Å²) in [6.07, 6.45) is 2.25. The van der Waals surface area contributed by atoms with Crippen LogP contribution in [0.2, 0.25) is 0 Å². The molecule has 1 N–H and O–H groups in total. The van der Waals surface area contributed by atoms with Crippen LogP contribution < -0.4 is 9.47 Å². The maximum atomic E-state index is 10.1. The van der Waals surface area contributed by atoms with Crippen LogP contribution in [0.15, 0.2) is 12.1 Å². The Hall–Kier alpha value is -1.26. The van der Waals surface area contributed by atoms with Gasteiger partial charge in [-0.15, -0.1) is 0 Å². The van der Waals surface area contributed by atoms with Crippen molar-refractivity contribution in [2.24, 2.45) is 0 Å². The fraction of sp³-hybridized carbons (Fsp3) is 0.571. The standard InChI is InChI=1S/C14H20O4/c1-16-9-10-4-5-12(17-2)11(13(10)18-3)8-14(15)6-7-14/h4-5,15H,6-9H2,1-3H3. The molecule has 18 heavy (non-hydrogen) atoms. The van der Waals surface area contributed by atoms with Crippen molar-refractivity contribution in [2.45, 2.75) is 31.5 Å². The first kappa shape index (κ1) is 13.2. The van der Waals surface area contributed by atoms with Crippen LogP contribution in [0.5, 0.6) is 11.5 Å². The predicted octanol–water partition coefficient (Wildman–Crippen LogP) is 1.92. The van der Waals surface area contributed by atoms with Crippen molar-refractivity contribution in [3.63, 3.8) is 0 Å². The van der Waals surface area contributed by atoms with Gasteiger partial charge >= 0.3 is 0 Å². The first-order valence-electron chi connectivity index (χ1n) is 6.07. The van der Waals surface area contributed by atoms with Gasteiger partial charge in [-0.25, -0.2) is 0 Å². The van der Waals surface area contributed by atoms with Gasteiger partial charge in [-0.1, -0.05) is 0 Å². The predicted molar refractivity (Wildman–Crippen MR) is 68.1 cm³/mol. The van der Waals surface area contributed by atoms with Gasteiger partial charge in [0, 0.05) is 24.7 Å². The third-order valence-electron chi connectivity index (χ3n) is 3.36. The topological polar surface area (TPSA) is 47.9 Å². The van der Waals surface area contributed by atoms with Crippen LogP contribution in [-0.4, -0.2) is 32.0 Å². The molecule has 0 radical (unpaired) electrons. The summed E-state index contributed by atoms with van der Waals surface area (Å²) in [4.78, 5) is 0.